The van der Waals surface area contributed by atoms with E-state index in [1.165, 1.54) is 44.1 Å². The summed E-state index contributed by atoms with van der Waals surface area (Å²) in [5.74, 6) is 0.974. The molecule has 1 aromatic heterocycles. The second kappa shape index (κ2) is 4.55. The summed E-state index contributed by atoms with van der Waals surface area (Å²) in [7, 11) is 0. The lowest BCUT2D eigenvalue weighted by Gasteiger charge is -2.65. The zero-order valence-electron chi connectivity index (χ0n) is 13.5. The topological polar surface area (TPSA) is 24.9 Å². The van der Waals surface area contributed by atoms with Gasteiger partial charge in [-0.05, 0) is 79.9 Å². The van der Waals surface area contributed by atoms with Gasteiger partial charge in [-0.1, -0.05) is 19.9 Å². The molecule has 0 saturated heterocycles. The van der Waals surface area contributed by atoms with Gasteiger partial charge in [0, 0.05) is 17.9 Å². The lowest BCUT2D eigenvalue weighted by Crippen LogP contribution is -2.64. The highest BCUT2D eigenvalue weighted by atomic mass is 15.0. The maximum absolute atomic E-state index is 4.22. The van der Waals surface area contributed by atoms with Gasteiger partial charge >= 0.3 is 0 Å². The molecule has 4 aliphatic rings. The number of nitrogens with one attached hydrogen (secondary N) is 1. The van der Waals surface area contributed by atoms with Crippen molar-refractivity contribution in [2.45, 2.75) is 64.3 Å². The Balaban J connectivity index is 1.45. The average molecular weight is 284 g/mol. The van der Waals surface area contributed by atoms with Crippen LogP contribution in [-0.4, -0.2) is 17.1 Å². The summed E-state index contributed by atoms with van der Waals surface area (Å²) in [4.78, 5) is 4.22. The maximum atomic E-state index is 4.22. The van der Waals surface area contributed by atoms with E-state index < -0.39 is 0 Å². The van der Waals surface area contributed by atoms with E-state index in [0.717, 1.165) is 18.9 Å². The van der Waals surface area contributed by atoms with Gasteiger partial charge in [-0.15, -0.1) is 0 Å². The van der Waals surface area contributed by atoms with Crippen molar-refractivity contribution in [3.8, 4) is 0 Å². The van der Waals surface area contributed by atoms with Crippen molar-refractivity contribution in [1.29, 1.82) is 0 Å². The van der Waals surface area contributed by atoms with Crippen molar-refractivity contribution < 1.29 is 0 Å². The molecule has 4 fully saturated rings. The van der Waals surface area contributed by atoms with Crippen LogP contribution in [0.1, 0.15) is 57.9 Å². The van der Waals surface area contributed by atoms with Crippen LogP contribution in [-0.2, 0) is 6.42 Å². The molecular weight excluding hydrogens is 256 g/mol. The number of nitrogens with zero attached hydrogens (tertiary/aromatic N) is 1. The third-order valence-corrected chi connectivity index (χ3v) is 6.26. The van der Waals surface area contributed by atoms with Crippen LogP contribution in [0.2, 0.25) is 0 Å². The minimum atomic E-state index is 0.436. The molecule has 0 aliphatic heterocycles. The van der Waals surface area contributed by atoms with E-state index in [-0.39, 0.29) is 0 Å². The number of rotatable bonds is 4. The summed E-state index contributed by atoms with van der Waals surface area (Å²) in [6.07, 6.45) is 13.6. The van der Waals surface area contributed by atoms with Gasteiger partial charge in [-0.2, -0.15) is 0 Å². The van der Waals surface area contributed by atoms with Gasteiger partial charge in [-0.3, -0.25) is 4.98 Å². The fourth-order valence-corrected chi connectivity index (χ4v) is 6.66. The number of hydrogen-bond acceptors (Lipinski definition) is 2. The highest BCUT2D eigenvalue weighted by Gasteiger charge is 2.59. The molecule has 1 heterocycles. The van der Waals surface area contributed by atoms with Crippen LogP contribution in [0, 0.1) is 16.7 Å². The van der Waals surface area contributed by atoms with Crippen LogP contribution in [0.5, 0.6) is 0 Å². The van der Waals surface area contributed by atoms with Crippen LogP contribution in [0.3, 0.4) is 0 Å². The Kier molecular flexibility index (Phi) is 2.98. The van der Waals surface area contributed by atoms with Gasteiger partial charge in [0.2, 0.25) is 0 Å². The summed E-state index contributed by atoms with van der Waals surface area (Å²) in [5, 5.41) is 4.00. The molecule has 2 nitrogen and oxygen atoms in total. The van der Waals surface area contributed by atoms with Crippen molar-refractivity contribution in [1.82, 2.24) is 10.3 Å². The Morgan fingerprint density at radius 2 is 1.90 bits per heavy atom. The van der Waals surface area contributed by atoms with Gasteiger partial charge < -0.3 is 5.32 Å². The Bertz CT molecular complexity index is 506. The highest BCUT2D eigenvalue weighted by Crippen LogP contribution is 2.66. The molecule has 1 N–H and O–H groups in total. The second-order valence-electron chi connectivity index (χ2n) is 8.95. The van der Waals surface area contributed by atoms with Crippen LogP contribution in [0.4, 0.5) is 0 Å². The molecule has 5 rings (SSSR count). The molecule has 21 heavy (non-hydrogen) atoms. The lowest BCUT2D eigenvalue weighted by molar-refractivity contribution is -0.117. The zero-order valence-corrected chi connectivity index (χ0v) is 13.5. The van der Waals surface area contributed by atoms with E-state index in [1.54, 1.807) is 0 Å². The normalized spacial score (nSPS) is 44.2. The molecule has 2 atom stereocenters. The van der Waals surface area contributed by atoms with Gasteiger partial charge in [0.05, 0.1) is 0 Å². The van der Waals surface area contributed by atoms with Crippen LogP contribution >= 0.6 is 0 Å². The number of pyridine rings is 1. The first-order chi connectivity index (χ1) is 9.99. The molecule has 4 saturated carbocycles. The summed E-state index contributed by atoms with van der Waals surface area (Å²) in [5.41, 5.74) is 3.00. The fourth-order valence-electron chi connectivity index (χ4n) is 6.66. The summed E-state index contributed by atoms with van der Waals surface area (Å²) < 4.78 is 0. The smallest absolute Gasteiger partial charge is 0.0300 e. The lowest BCUT2D eigenvalue weighted by atomic mass is 9.43. The highest BCUT2D eigenvalue weighted by molar-refractivity contribution is 5.15. The monoisotopic (exact) mass is 284 g/mol. The molecule has 0 aromatic carbocycles. The Morgan fingerprint density at radius 1 is 1.14 bits per heavy atom. The fraction of sp³-hybridized carbons (Fsp3) is 0.737. The maximum Gasteiger partial charge on any atom is 0.0300 e. The number of hydrogen-bond donors (Lipinski definition) is 1. The predicted octanol–water partition coefficient (Wildman–Crippen LogP) is 3.96. The van der Waals surface area contributed by atoms with Crippen molar-refractivity contribution in [2.75, 3.05) is 6.54 Å². The number of aromatic nitrogens is 1. The van der Waals surface area contributed by atoms with E-state index in [1.807, 2.05) is 18.5 Å². The molecular formula is C19H28N2. The summed E-state index contributed by atoms with van der Waals surface area (Å²) in [6, 6.07) is 4.24. The first kappa shape index (κ1) is 13.8. The Hall–Kier alpha value is -0.890. The standard InChI is InChI=1S/C19H28N2/c1-17-8-16-9-18(2,12-17)14-19(10-16,13-17)21-7-5-15-4-3-6-20-11-15/h3-4,6,11,16,21H,5,7-10,12-14H2,1-2H3. The first-order valence-electron chi connectivity index (χ1n) is 8.62. The average Bonchev–Trinajstić information content (AvgIpc) is 2.35. The molecule has 4 aliphatic carbocycles. The first-order valence-corrected chi connectivity index (χ1v) is 8.62. The minimum Gasteiger partial charge on any atom is -0.311 e. The van der Waals surface area contributed by atoms with Crippen molar-refractivity contribution in [2.24, 2.45) is 16.7 Å². The van der Waals surface area contributed by atoms with Crippen LogP contribution in [0.15, 0.2) is 24.5 Å². The van der Waals surface area contributed by atoms with Gasteiger partial charge in [-0.25, -0.2) is 0 Å². The molecule has 1 aromatic rings. The van der Waals surface area contributed by atoms with E-state index in [2.05, 4.69) is 30.2 Å². The molecule has 0 spiro atoms. The molecule has 2 heteroatoms. The van der Waals surface area contributed by atoms with E-state index in [0.29, 0.717) is 16.4 Å². The predicted molar refractivity (Wildman–Crippen MR) is 86.1 cm³/mol. The second-order valence-corrected chi connectivity index (χ2v) is 8.95. The zero-order chi connectivity index (χ0) is 14.6. The molecule has 0 amide bonds. The van der Waals surface area contributed by atoms with Gasteiger partial charge in [0.25, 0.3) is 0 Å². The van der Waals surface area contributed by atoms with Gasteiger partial charge in [0.15, 0.2) is 0 Å². The van der Waals surface area contributed by atoms with E-state index in [9.17, 15) is 0 Å². The molecule has 0 radical (unpaired) electrons. The van der Waals surface area contributed by atoms with Gasteiger partial charge in [0.1, 0.15) is 0 Å². The van der Waals surface area contributed by atoms with Crippen molar-refractivity contribution >= 4 is 0 Å². The molecule has 4 bridgehead atoms. The minimum absolute atomic E-state index is 0.436. The van der Waals surface area contributed by atoms with Crippen molar-refractivity contribution in [3.05, 3.63) is 30.1 Å². The Morgan fingerprint density at radius 3 is 2.52 bits per heavy atom. The summed E-state index contributed by atoms with van der Waals surface area (Å²) in [6.45, 7) is 6.20. The molecule has 114 valence electrons. The van der Waals surface area contributed by atoms with E-state index in [4.69, 9.17) is 0 Å². The van der Waals surface area contributed by atoms with Crippen LogP contribution in [0.25, 0.3) is 0 Å². The van der Waals surface area contributed by atoms with Crippen molar-refractivity contribution in [3.63, 3.8) is 0 Å². The largest absolute Gasteiger partial charge is 0.311 e. The quantitative estimate of drug-likeness (QED) is 0.905. The SMILES string of the molecule is CC12CC3CC(C)(C1)CC(NCCc1cccnc1)(C3)C2. The molecule has 2 unspecified atom stereocenters. The van der Waals surface area contributed by atoms with E-state index >= 15 is 0 Å². The third-order valence-electron chi connectivity index (χ3n) is 6.26. The summed E-state index contributed by atoms with van der Waals surface area (Å²) >= 11 is 0. The van der Waals surface area contributed by atoms with Crippen LogP contribution < -0.4 is 5.32 Å². The Labute approximate surface area is 128 Å². The third kappa shape index (κ3) is 2.52.